The van der Waals surface area contributed by atoms with Crippen molar-refractivity contribution in [3.63, 3.8) is 0 Å². The van der Waals surface area contributed by atoms with Gasteiger partial charge in [-0.15, -0.1) is 0 Å². The van der Waals surface area contributed by atoms with E-state index in [1.807, 2.05) is 32.0 Å². The first-order valence-corrected chi connectivity index (χ1v) is 5.36. The van der Waals surface area contributed by atoms with E-state index in [9.17, 15) is 4.79 Å². The molecule has 0 saturated carbocycles. The number of rotatable bonds is 5. The van der Waals surface area contributed by atoms with Crippen molar-refractivity contribution in [3.05, 3.63) is 30.1 Å². The van der Waals surface area contributed by atoms with Crippen LogP contribution in [0, 0.1) is 5.92 Å². The highest BCUT2D eigenvalue weighted by Gasteiger charge is 2.21. The molecule has 0 aliphatic heterocycles. The van der Waals surface area contributed by atoms with Gasteiger partial charge >= 0.3 is 5.97 Å². The number of aromatic nitrogens is 1. The molecule has 88 valence electrons. The Morgan fingerprint density at radius 2 is 2.25 bits per heavy atom. The Hall–Kier alpha value is -1.42. The summed E-state index contributed by atoms with van der Waals surface area (Å²) in [6.07, 6.45) is 1.74. The Morgan fingerprint density at radius 1 is 1.50 bits per heavy atom. The van der Waals surface area contributed by atoms with Gasteiger partial charge in [-0.3, -0.25) is 15.1 Å². The van der Waals surface area contributed by atoms with E-state index < -0.39 is 0 Å². The first kappa shape index (κ1) is 12.6. The number of methoxy groups -OCH3 is 1. The van der Waals surface area contributed by atoms with Crippen molar-refractivity contribution in [1.82, 2.24) is 10.3 Å². The number of nitrogens with one attached hydrogen (secondary N) is 1. The standard InChI is InChI=1S/C12H18N2O2/c1-9(2)11(12(15)16-3)14-8-10-6-4-5-7-13-10/h4-7,9,11,14H,8H2,1-3H3. The molecule has 1 aromatic rings. The molecule has 0 amide bonds. The second-order valence-corrected chi connectivity index (χ2v) is 3.95. The Morgan fingerprint density at radius 3 is 2.75 bits per heavy atom. The number of carbonyl (C=O) groups is 1. The highest BCUT2D eigenvalue weighted by molar-refractivity contribution is 5.75. The molecule has 0 bridgehead atoms. The second kappa shape index (κ2) is 6.23. The van der Waals surface area contributed by atoms with E-state index in [2.05, 4.69) is 10.3 Å². The van der Waals surface area contributed by atoms with E-state index in [1.54, 1.807) is 6.20 Å². The molecule has 1 atom stereocenters. The third-order valence-electron chi connectivity index (χ3n) is 2.35. The van der Waals surface area contributed by atoms with Gasteiger partial charge in [0.15, 0.2) is 0 Å². The second-order valence-electron chi connectivity index (χ2n) is 3.95. The molecule has 1 rings (SSSR count). The Kier molecular flexibility index (Phi) is 4.92. The minimum Gasteiger partial charge on any atom is -0.468 e. The number of ether oxygens (including phenoxy) is 1. The lowest BCUT2D eigenvalue weighted by Gasteiger charge is -2.19. The van der Waals surface area contributed by atoms with E-state index in [4.69, 9.17) is 4.74 Å². The first-order valence-electron chi connectivity index (χ1n) is 5.36. The van der Waals surface area contributed by atoms with E-state index in [1.165, 1.54) is 7.11 Å². The predicted molar refractivity (Wildman–Crippen MR) is 61.7 cm³/mol. The molecular weight excluding hydrogens is 204 g/mol. The van der Waals surface area contributed by atoms with Crippen LogP contribution in [0.4, 0.5) is 0 Å². The smallest absolute Gasteiger partial charge is 0.323 e. The molecule has 16 heavy (non-hydrogen) atoms. The van der Waals surface area contributed by atoms with E-state index in [-0.39, 0.29) is 17.9 Å². The number of carbonyl (C=O) groups excluding carboxylic acids is 1. The van der Waals surface area contributed by atoms with Crippen LogP contribution < -0.4 is 5.32 Å². The molecule has 0 aromatic carbocycles. The van der Waals surface area contributed by atoms with Gasteiger partial charge in [0.25, 0.3) is 0 Å². The summed E-state index contributed by atoms with van der Waals surface area (Å²) in [6.45, 7) is 4.53. The summed E-state index contributed by atoms with van der Waals surface area (Å²) in [5.41, 5.74) is 0.914. The number of nitrogens with zero attached hydrogens (tertiary/aromatic N) is 1. The molecule has 1 N–H and O–H groups in total. The highest BCUT2D eigenvalue weighted by atomic mass is 16.5. The lowest BCUT2D eigenvalue weighted by atomic mass is 10.0. The van der Waals surface area contributed by atoms with Crippen LogP contribution in [0.15, 0.2) is 24.4 Å². The molecule has 1 unspecified atom stereocenters. The van der Waals surface area contributed by atoms with Crippen LogP contribution >= 0.6 is 0 Å². The highest BCUT2D eigenvalue weighted by Crippen LogP contribution is 2.04. The van der Waals surface area contributed by atoms with Gasteiger partial charge in [-0.25, -0.2) is 0 Å². The van der Waals surface area contributed by atoms with Crippen LogP contribution in [0.1, 0.15) is 19.5 Å². The summed E-state index contributed by atoms with van der Waals surface area (Å²) >= 11 is 0. The van der Waals surface area contributed by atoms with E-state index >= 15 is 0 Å². The van der Waals surface area contributed by atoms with Crippen molar-refractivity contribution in [3.8, 4) is 0 Å². The van der Waals surface area contributed by atoms with Crippen LogP contribution in [0.3, 0.4) is 0 Å². The molecule has 0 saturated heterocycles. The Bertz CT molecular complexity index is 325. The molecule has 0 fully saturated rings. The van der Waals surface area contributed by atoms with Gasteiger partial charge in [-0.05, 0) is 18.1 Å². The summed E-state index contributed by atoms with van der Waals surface area (Å²) in [6, 6.07) is 5.42. The Labute approximate surface area is 96.0 Å². The van der Waals surface area contributed by atoms with Gasteiger partial charge in [-0.1, -0.05) is 19.9 Å². The topological polar surface area (TPSA) is 51.2 Å². The van der Waals surface area contributed by atoms with Crippen molar-refractivity contribution < 1.29 is 9.53 Å². The maximum Gasteiger partial charge on any atom is 0.323 e. The summed E-state index contributed by atoms with van der Waals surface area (Å²) in [7, 11) is 1.40. The third-order valence-corrected chi connectivity index (χ3v) is 2.35. The van der Waals surface area contributed by atoms with Gasteiger partial charge in [0.05, 0.1) is 12.8 Å². The molecule has 1 aromatic heterocycles. The van der Waals surface area contributed by atoms with Gasteiger partial charge in [0.2, 0.25) is 0 Å². The number of hydrogen-bond donors (Lipinski definition) is 1. The molecular formula is C12H18N2O2. The van der Waals surface area contributed by atoms with Crippen molar-refractivity contribution >= 4 is 5.97 Å². The minimum absolute atomic E-state index is 0.191. The molecule has 0 aliphatic carbocycles. The van der Waals surface area contributed by atoms with Gasteiger partial charge in [-0.2, -0.15) is 0 Å². The van der Waals surface area contributed by atoms with Crippen molar-refractivity contribution in [2.45, 2.75) is 26.4 Å². The van der Waals surface area contributed by atoms with Crippen LogP contribution in [-0.4, -0.2) is 24.1 Å². The lowest BCUT2D eigenvalue weighted by molar-refractivity contribution is -0.144. The molecule has 0 radical (unpaired) electrons. The van der Waals surface area contributed by atoms with Crippen LogP contribution in [-0.2, 0) is 16.1 Å². The monoisotopic (exact) mass is 222 g/mol. The molecule has 0 spiro atoms. The lowest BCUT2D eigenvalue weighted by Crippen LogP contribution is -2.41. The maximum absolute atomic E-state index is 11.5. The van der Waals surface area contributed by atoms with E-state index in [0.29, 0.717) is 6.54 Å². The largest absolute Gasteiger partial charge is 0.468 e. The average molecular weight is 222 g/mol. The van der Waals surface area contributed by atoms with Gasteiger partial charge in [0, 0.05) is 12.7 Å². The zero-order chi connectivity index (χ0) is 12.0. The average Bonchev–Trinajstić information content (AvgIpc) is 2.30. The third kappa shape index (κ3) is 3.62. The SMILES string of the molecule is COC(=O)C(NCc1ccccn1)C(C)C. The van der Waals surface area contributed by atoms with E-state index in [0.717, 1.165) is 5.69 Å². The summed E-state index contributed by atoms with van der Waals surface area (Å²) in [5, 5.41) is 3.15. The van der Waals surface area contributed by atoms with Crippen molar-refractivity contribution in [2.75, 3.05) is 7.11 Å². The summed E-state index contributed by atoms with van der Waals surface area (Å²) < 4.78 is 4.74. The minimum atomic E-state index is -0.285. The molecule has 4 heteroatoms. The van der Waals surface area contributed by atoms with Crippen LogP contribution in [0.25, 0.3) is 0 Å². The Balaban J connectivity index is 2.54. The fraction of sp³-hybridized carbons (Fsp3) is 0.500. The maximum atomic E-state index is 11.5. The molecule has 4 nitrogen and oxygen atoms in total. The molecule has 0 aliphatic rings. The summed E-state index contributed by atoms with van der Waals surface area (Å²) in [5.74, 6) is -0.0397. The summed E-state index contributed by atoms with van der Waals surface area (Å²) in [4.78, 5) is 15.7. The van der Waals surface area contributed by atoms with Crippen molar-refractivity contribution in [2.24, 2.45) is 5.92 Å². The number of esters is 1. The quantitative estimate of drug-likeness (QED) is 0.764. The van der Waals surface area contributed by atoms with Gasteiger partial charge in [0.1, 0.15) is 6.04 Å². The first-order chi connectivity index (χ1) is 7.65. The normalized spacial score (nSPS) is 12.5. The fourth-order valence-corrected chi connectivity index (χ4v) is 1.44. The van der Waals surface area contributed by atoms with Gasteiger partial charge < -0.3 is 4.74 Å². The fourth-order valence-electron chi connectivity index (χ4n) is 1.44. The van der Waals surface area contributed by atoms with Crippen molar-refractivity contribution in [1.29, 1.82) is 0 Å². The van der Waals surface area contributed by atoms with Crippen LogP contribution in [0.2, 0.25) is 0 Å². The van der Waals surface area contributed by atoms with Crippen LogP contribution in [0.5, 0.6) is 0 Å². The predicted octanol–water partition coefficient (Wildman–Crippen LogP) is 1.37. The zero-order valence-electron chi connectivity index (χ0n) is 9.93. The zero-order valence-corrected chi connectivity index (χ0v) is 9.93. The molecule has 1 heterocycles. The number of pyridine rings is 1. The number of hydrogen-bond acceptors (Lipinski definition) is 4.